The van der Waals surface area contributed by atoms with Gasteiger partial charge in [0.15, 0.2) is 0 Å². The molecule has 7 nitrogen and oxygen atoms in total. The Morgan fingerprint density at radius 1 is 1.11 bits per heavy atom. The number of hydrogen-bond acceptors (Lipinski definition) is 4. The van der Waals surface area contributed by atoms with Crippen molar-refractivity contribution in [3.8, 4) is 0 Å². The van der Waals surface area contributed by atoms with Crippen LogP contribution in [0.1, 0.15) is 27.2 Å². The molecule has 1 aromatic heterocycles. The molecular weight excluding hydrogens is 383 g/mol. The minimum atomic E-state index is -3.53. The highest BCUT2D eigenvalue weighted by Gasteiger charge is 2.33. The van der Waals surface area contributed by atoms with Gasteiger partial charge in [-0.05, 0) is 29.8 Å². The van der Waals surface area contributed by atoms with Gasteiger partial charge in [-0.25, -0.2) is 12.8 Å². The minimum absolute atomic E-state index is 0.0981. The predicted molar refractivity (Wildman–Crippen MR) is 101 cm³/mol. The molecule has 0 spiro atoms. The molecule has 2 N–H and O–H groups in total. The van der Waals surface area contributed by atoms with Crippen molar-refractivity contribution in [2.45, 2.75) is 18.8 Å². The van der Waals surface area contributed by atoms with Crippen molar-refractivity contribution in [1.82, 2.24) is 14.5 Å². The smallest absolute Gasteiger partial charge is 0.256 e. The van der Waals surface area contributed by atoms with E-state index in [1.807, 2.05) is 6.07 Å². The summed E-state index contributed by atoms with van der Waals surface area (Å²) < 4.78 is 39.8. The molecule has 0 unspecified atom stereocenters. The molecule has 0 radical (unpaired) electrons. The maximum absolute atomic E-state index is 13.0. The van der Waals surface area contributed by atoms with Crippen LogP contribution in [0.5, 0.6) is 0 Å². The number of sulfonamides is 1. The Morgan fingerprint density at radius 3 is 2.54 bits per heavy atom. The summed E-state index contributed by atoms with van der Waals surface area (Å²) in [5.41, 5.74) is 2.20. The van der Waals surface area contributed by atoms with Gasteiger partial charge in [-0.2, -0.15) is 9.40 Å². The number of carbonyl (C=O) groups excluding carboxylic acids is 1. The molecule has 0 bridgehead atoms. The lowest BCUT2D eigenvalue weighted by Crippen LogP contribution is -2.27. The summed E-state index contributed by atoms with van der Waals surface area (Å²) in [6, 6.07) is 14.1. The quantitative estimate of drug-likeness (QED) is 0.688. The number of anilines is 1. The number of amides is 1. The highest BCUT2D eigenvalue weighted by molar-refractivity contribution is 7.88. The molecule has 2 aromatic carbocycles. The summed E-state index contributed by atoms with van der Waals surface area (Å²) >= 11 is 0. The number of nitrogens with zero attached hydrogens (tertiary/aromatic N) is 2. The second-order valence-electron chi connectivity index (χ2n) is 6.49. The molecule has 0 saturated heterocycles. The van der Waals surface area contributed by atoms with Crippen LogP contribution in [0.15, 0.2) is 54.6 Å². The van der Waals surface area contributed by atoms with Crippen molar-refractivity contribution >= 4 is 21.7 Å². The second kappa shape index (κ2) is 7.17. The number of nitrogens with one attached hydrogen (secondary N) is 2. The molecule has 9 heteroatoms. The van der Waals surface area contributed by atoms with Crippen LogP contribution >= 0.6 is 0 Å². The summed E-state index contributed by atoms with van der Waals surface area (Å²) in [7, 11) is -3.53. The van der Waals surface area contributed by atoms with E-state index in [1.165, 1.54) is 28.6 Å². The van der Waals surface area contributed by atoms with Crippen LogP contribution in [0.3, 0.4) is 0 Å². The van der Waals surface area contributed by atoms with Gasteiger partial charge < -0.3 is 5.32 Å². The molecule has 1 aliphatic rings. The van der Waals surface area contributed by atoms with Gasteiger partial charge in [0.2, 0.25) is 10.0 Å². The third-order valence-corrected chi connectivity index (χ3v) is 6.29. The van der Waals surface area contributed by atoms with Crippen LogP contribution in [0.2, 0.25) is 0 Å². The molecule has 0 atom stereocenters. The van der Waals surface area contributed by atoms with Gasteiger partial charge >= 0.3 is 0 Å². The molecule has 28 heavy (non-hydrogen) atoms. The molecule has 0 aliphatic carbocycles. The molecule has 4 rings (SSSR count). The molecule has 3 aromatic rings. The summed E-state index contributed by atoms with van der Waals surface area (Å²) in [4.78, 5) is 12.3. The Hall–Kier alpha value is -3.04. The molecule has 0 fully saturated rings. The fourth-order valence-corrected chi connectivity index (χ4v) is 4.51. The van der Waals surface area contributed by atoms with E-state index in [4.69, 9.17) is 0 Å². The highest BCUT2D eigenvalue weighted by Crippen LogP contribution is 2.30. The third kappa shape index (κ3) is 3.67. The zero-order valence-corrected chi connectivity index (χ0v) is 15.5. The number of H-pyrrole nitrogens is 1. The van der Waals surface area contributed by atoms with Crippen LogP contribution < -0.4 is 5.32 Å². The molecular formula is C19H17FN4O3S. The average molecular weight is 400 g/mol. The number of benzene rings is 2. The third-order valence-electron chi connectivity index (χ3n) is 4.54. The largest absolute Gasteiger partial charge is 0.307 e. The molecule has 2 heterocycles. The Balaban J connectivity index is 1.48. The molecule has 144 valence electrons. The predicted octanol–water partition coefficient (Wildman–Crippen LogP) is 2.65. The number of carbonyl (C=O) groups is 1. The first-order valence-corrected chi connectivity index (χ1v) is 10.2. The van der Waals surface area contributed by atoms with Gasteiger partial charge in [-0.15, -0.1) is 0 Å². The van der Waals surface area contributed by atoms with Crippen molar-refractivity contribution in [2.75, 3.05) is 5.32 Å². The molecule has 0 saturated carbocycles. The number of fused-ring (bicyclic) bond motifs is 1. The fraction of sp³-hybridized carbons (Fsp3) is 0.158. The van der Waals surface area contributed by atoms with Gasteiger partial charge in [0, 0.05) is 17.7 Å². The number of halogens is 1. The van der Waals surface area contributed by atoms with Crippen LogP contribution in [0, 0.1) is 5.82 Å². The summed E-state index contributed by atoms with van der Waals surface area (Å²) in [5, 5.41) is 9.53. The number of aromatic nitrogens is 2. The number of rotatable bonds is 5. The first-order chi connectivity index (χ1) is 13.4. The number of hydrogen-bond donors (Lipinski definition) is 2. The second-order valence-corrected chi connectivity index (χ2v) is 8.46. The van der Waals surface area contributed by atoms with E-state index in [0.29, 0.717) is 22.6 Å². The SMILES string of the molecule is O=C(Nc1[nH]nc2c1CN(S(=O)(=O)Cc1ccccc1)C2)c1ccc(F)cc1. The van der Waals surface area contributed by atoms with E-state index >= 15 is 0 Å². The minimum Gasteiger partial charge on any atom is -0.307 e. The summed E-state index contributed by atoms with van der Waals surface area (Å²) in [5.74, 6) is -0.615. The van der Waals surface area contributed by atoms with E-state index in [0.717, 1.165) is 0 Å². The topological polar surface area (TPSA) is 95.2 Å². The van der Waals surface area contributed by atoms with Crippen molar-refractivity contribution in [1.29, 1.82) is 0 Å². The Morgan fingerprint density at radius 2 is 1.82 bits per heavy atom. The normalized spacial score (nSPS) is 14.0. The maximum atomic E-state index is 13.0. The molecule has 1 aliphatic heterocycles. The standard InChI is InChI=1S/C19H17FN4O3S/c20-15-8-6-14(7-9-15)19(25)21-18-16-10-24(11-17(16)22-23-18)28(26,27)12-13-4-2-1-3-5-13/h1-9H,10-12H2,(H2,21,22,23,25). The van der Waals surface area contributed by atoms with Crippen LogP contribution in [-0.4, -0.2) is 28.8 Å². The molecule has 1 amide bonds. The van der Waals surface area contributed by atoms with Gasteiger partial charge in [0.1, 0.15) is 11.6 Å². The van der Waals surface area contributed by atoms with Crippen LogP contribution in [-0.2, 0) is 28.9 Å². The average Bonchev–Trinajstić information content (AvgIpc) is 3.25. The Bertz CT molecular complexity index is 1110. The van der Waals surface area contributed by atoms with Crippen LogP contribution in [0.4, 0.5) is 10.2 Å². The van der Waals surface area contributed by atoms with E-state index < -0.39 is 21.7 Å². The number of aromatic amines is 1. The van der Waals surface area contributed by atoms with E-state index in [9.17, 15) is 17.6 Å². The van der Waals surface area contributed by atoms with Gasteiger partial charge in [-0.1, -0.05) is 30.3 Å². The Labute approximate surface area is 161 Å². The Kier molecular flexibility index (Phi) is 4.70. The van der Waals surface area contributed by atoms with Crippen LogP contribution in [0.25, 0.3) is 0 Å². The monoisotopic (exact) mass is 400 g/mol. The highest BCUT2D eigenvalue weighted by atomic mass is 32.2. The maximum Gasteiger partial charge on any atom is 0.256 e. The lowest BCUT2D eigenvalue weighted by atomic mass is 10.2. The summed E-state index contributed by atoms with van der Waals surface area (Å²) in [6.07, 6.45) is 0. The van der Waals surface area contributed by atoms with Gasteiger partial charge in [0.05, 0.1) is 18.0 Å². The van der Waals surface area contributed by atoms with Crippen molar-refractivity contribution < 1.29 is 17.6 Å². The zero-order valence-electron chi connectivity index (χ0n) is 14.7. The lowest BCUT2D eigenvalue weighted by molar-refractivity contribution is 0.102. The zero-order chi connectivity index (χ0) is 19.7. The van der Waals surface area contributed by atoms with Gasteiger partial charge in [0.25, 0.3) is 5.91 Å². The van der Waals surface area contributed by atoms with Crippen molar-refractivity contribution in [3.63, 3.8) is 0 Å². The van der Waals surface area contributed by atoms with E-state index in [-0.39, 0.29) is 24.4 Å². The van der Waals surface area contributed by atoms with E-state index in [1.54, 1.807) is 24.3 Å². The summed E-state index contributed by atoms with van der Waals surface area (Å²) in [6.45, 7) is 0.271. The first-order valence-electron chi connectivity index (χ1n) is 8.57. The fourth-order valence-electron chi connectivity index (χ4n) is 3.07. The van der Waals surface area contributed by atoms with Gasteiger partial charge in [-0.3, -0.25) is 9.89 Å². The lowest BCUT2D eigenvalue weighted by Gasteiger charge is -2.16. The first kappa shape index (κ1) is 18.3. The van der Waals surface area contributed by atoms with E-state index in [2.05, 4.69) is 15.5 Å². The van der Waals surface area contributed by atoms with Crippen molar-refractivity contribution in [3.05, 3.63) is 82.8 Å². The van der Waals surface area contributed by atoms with Crippen molar-refractivity contribution in [2.24, 2.45) is 0 Å².